The fraction of sp³-hybridized carbons (Fsp3) is 0.385. The average molecular weight is 263 g/mol. The number of aryl methyl sites for hydroxylation is 1. The first-order valence-electron chi connectivity index (χ1n) is 6.11. The number of rotatable bonds is 2. The summed E-state index contributed by atoms with van der Waals surface area (Å²) in [6.45, 7) is 3.74. The normalized spacial score (nSPS) is 14.7. The number of halogens is 1. The van der Waals surface area contributed by atoms with E-state index in [9.17, 15) is 4.39 Å². The Labute approximate surface area is 109 Å². The molecule has 3 rings (SSSR count). The summed E-state index contributed by atoms with van der Waals surface area (Å²) in [7, 11) is 0. The van der Waals surface area contributed by atoms with Crippen LogP contribution < -0.4 is 4.90 Å². The smallest absolute Gasteiger partial charge is 0.205 e. The maximum Gasteiger partial charge on any atom is 0.205 e. The average Bonchev–Trinajstić information content (AvgIpc) is 2.87. The minimum atomic E-state index is -0.147. The molecule has 0 N–H and O–H groups in total. The Balaban J connectivity index is 1.84. The predicted molar refractivity (Wildman–Crippen MR) is 70.4 cm³/mol. The Bertz CT molecular complexity index is 567. The lowest BCUT2D eigenvalue weighted by Gasteiger charge is -2.28. The van der Waals surface area contributed by atoms with Gasteiger partial charge >= 0.3 is 0 Å². The fourth-order valence-electron chi connectivity index (χ4n) is 2.20. The van der Waals surface area contributed by atoms with Gasteiger partial charge in [0, 0.05) is 31.0 Å². The van der Waals surface area contributed by atoms with Gasteiger partial charge in [0.25, 0.3) is 0 Å². The van der Waals surface area contributed by atoms with Crippen molar-refractivity contribution in [2.75, 3.05) is 11.4 Å². The van der Waals surface area contributed by atoms with E-state index in [1.54, 1.807) is 6.07 Å². The Morgan fingerprint density at radius 3 is 3.06 bits per heavy atom. The standard InChI is InChI=1S/C13H14FN3S/c1-2-12-15-13(18-16-12)17-6-5-9-7-11(14)4-3-10(9)8-17/h3-4,7H,2,5-6,8H2,1H3. The number of aromatic nitrogens is 2. The summed E-state index contributed by atoms with van der Waals surface area (Å²) in [5, 5.41) is 0.974. The first kappa shape index (κ1) is 11.6. The van der Waals surface area contributed by atoms with Crippen LogP contribution in [0.15, 0.2) is 18.2 Å². The molecular weight excluding hydrogens is 249 g/mol. The molecular formula is C13H14FN3S. The minimum Gasteiger partial charge on any atom is -0.342 e. The number of hydrogen-bond donors (Lipinski definition) is 0. The van der Waals surface area contributed by atoms with Crippen LogP contribution >= 0.6 is 11.5 Å². The van der Waals surface area contributed by atoms with Crippen LogP contribution in [0.5, 0.6) is 0 Å². The van der Waals surface area contributed by atoms with E-state index in [4.69, 9.17) is 0 Å². The SMILES string of the molecule is CCc1nsc(N2CCc3cc(F)ccc3C2)n1. The third kappa shape index (κ3) is 2.10. The van der Waals surface area contributed by atoms with Crippen LogP contribution in [0.3, 0.4) is 0 Å². The van der Waals surface area contributed by atoms with Crippen molar-refractivity contribution >= 4 is 16.7 Å². The van der Waals surface area contributed by atoms with Crippen molar-refractivity contribution in [1.82, 2.24) is 9.36 Å². The molecule has 2 heterocycles. The molecule has 0 saturated heterocycles. The van der Waals surface area contributed by atoms with Gasteiger partial charge in [0.05, 0.1) is 0 Å². The second-order valence-electron chi connectivity index (χ2n) is 4.43. The first-order valence-corrected chi connectivity index (χ1v) is 6.88. The van der Waals surface area contributed by atoms with E-state index in [0.29, 0.717) is 0 Å². The molecule has 0 radical (unpaired) electrons. The molecule has 1 aliphatic heterocycles. The number of anilines is 1. The Hall–Kier alpha value is -1.49. The van der Waals surface area contributed by atoms with E-state index in [2.05, 4.69) is 21.2 Å². The lowest BCUT2D eigenvalue weighted by molar-refractivity contribution is 0.619. The summed E-state index contributed by atoms with van der Waals surface area (Å²) in [6, 6.07) is 5.04. The van der Waals surface area contributed by atoms with Gasteiger partial charge in [-0.25, -0.2) is 9.37 Å². The van der Waals surface area contributed by atoms with E-state index in [0.717, 1.165) is 42.5 Å². The molecule has 0 spiro atoms. The molecule has 0 unspecified atom stereocenters. The Morgan fingerprint density at radius 2 is 2.28 bits per heavy atom. The highest BCUT2D eigenvalue weighted by molar-refractivity contribution is 7.09. The minimum absolute atomic E-state index is 0.147. The largest absolute Gasteiger partial charge is 0.342 e. The van der Waals surface area contributed by atoms with Crippen LogP contribution in [0.2, 0.25) is 0 Å². The van der Waals surface area contributed by atoms with Gasteiger partial charge in [0.2, 0.25) is 5.13 Å². The highest BCUT2D eigenvalue weighted by Gasteiger charge is 2.19. The van der Waals surface area contributed by atoms with Gasteiger partial charge in [-0.05, 0) is 29.7 Å². The van der Waals surface area contributed by atoms with Crippen molar-refractivity contribution in [2.24, 2.45) is 0 Å². The van der Waals surface area contributed by atoms with E-state index in [1.807, 2.05) is 6.07 Å². The third-order valence-corrected chi connectivity index (χ3v) is 4.04. The molecule has 0 atom stereocenters. The molecule has 0 bridgehead atoms. The summed E-state index contributed by atoms with van der Waals surface area (Å²) >= 11 is 1.45. The van der Waals surface area contributed by atoms with Crippen LogP contribution in [0.4, 0.5) is 9.52 Å². The molecule has 0 fully saturated rings. The highest BCUT2D eigenvalue weighted by Crippen LogP contribution is 2.26. The van der Waals surface area contributed by atoms with Crippen LogP contribution in [-0.2, 0) is 19.4 Å². The quantitative estimate of drug-likeness (QED) is 0.834. The maximum absolute atomic E-state index is 13.1. The maximum atomic E-state index is 13.1. The van der Waals surface area contributed by atoms with Gasteiger partial charge in [-0.3, -0.25) is 0 Å². The van der Waals surface area contributed by atoms with Crippen molar-refractivity contribution in [3.05, 3.63) is 41.0 Å². The zero-order chi connectivity index (χ0) is 12.5. The van der Waals surface area contributed by atoms with Gasteiger partial charge < -0.3 is 4.90 Å². The van der Waals surface area contributed by atoms with E-state index < -0.39 is 0 Å². The second-order valence-corrected chi connectivity index (χ2v) is 5.16. The summed E-state index contributed by atoms with van der Waals surface area (Å²) in [5.74, 6) is 0.756. The molecule has 1 aromatic carbocycles. The van der Waals surface area contributed by atoms with Gasteiger partial charge in [-0.2, -0.15) is 4.37 Å². The fourth-order valence-corrected chi connectivity index (χ4v) is 2.98. The predicted octanol–water partition coefficient (Wildman–Crippen LogP) is 2.80. The van der Waals surface area contributed by atoms with Crippen LogP contribution in [0.25, 0.3) is 0 Å². The van der Waals surface area contributed by atoms with E-state index in [-0.39, 0.29) is 5.82 Å². The summed E-state index contributed by atoms with van der Waals surface area (Å²) in [5.41, 5.74) is 2.31. The van der Waals surface area contributed by atoms with Crippen molar-refractivity contribution in [3.63, 3.8) is 0 Å². The molecule has 1 aromatic heterocycles. The molecule has 0 amide bonds. The van der Waals surface area contributed by atoms with Crippen molar-refractivity contribution in [2.45, 2.75) is 26.3 Å². The lowest BCUT2D eigenvalue weighted by atomic mass is 10.0. The second kappa shape index (κ2) is 4.65. The van der Waals surface area contributed by atoms with Gasteiger partial charge in [0.15, 0.2) is 0 Å². The number of fused-ring (bicyclic) bond motifs is 1. The molecule has 18 heavy (non-hydrogen) atoms. The number of hydrogen-bond acceptors (Lipinski definition) is 4. The van der Waals surface area contributed by atoms with Crippen molar-refractivity contribution < 1.29 is 4.39 Å². The third-order valence-electron chi connectivity index (χ3n) is 3.22. The van der Waals surface area contributed by atoms with Gasteiger partial charge in [0.1, 0.15) is 11.6 Å². The molecule has 5 heteroatoms. The molecule has 1 aliphatic rings. The summed E-state index contributed by atoms with van der Waals surface area (Å²) < 4.78 is 17.4. The van der Waals surface area contributed by atoms with Crippen LogP contribution in [-0.4, -0.2) is 15.9 Å². The molecule has 3 nitrogen and oxygen atoms in total. The van der Waals surface area contributed by atoms with Crippen LogP contribution in [0, 0.1) is 5.82 Å². The molecule has 2 aromatic rings. The van der Waals surface area contributed by atoms with E-state index in [1.165, 1.54) is 23.2 Å². The topological polar surface area (TPSA) is 29.0 Å². The lowest BCUT2D eigenvalue weighted by Crippen LogP contribution is -2.30. The van der Waals surface area contributed by atoms with Crippen molar-refractivity contribution in [1.29, 1.82) is 0 Å². The monoisotopic (exact) mass is 263 g/mol. The zero-order valence-corrected chi connectivity index (χ0v) is 11.0. The highest BCUT2D eigenvalue weighted by atomic mass is 32.1. The van der Waals surface area contributed by atoms with Crippen LogP contribution in [0.1, 0.15) is 23.9 Å². The molecule has 0 saturated carbocycles. The van der Waals surface area contributed by atoms with E-state index >= 15 is 0 Å². The number of benzene rings is 1. The summed E-state index contributed by atoms with van der Waals surface area (Å²) in [4.78, 5) is 6.72. The Morgan fingerprint density at radius 1 is 1.39 bits per heavy atom. The first-order chi connectivity index (χ1) is 8.76. The van der Waals surface area contributed by atoms with Gasteiger partial charge in [-0.15, -0.1) is 0 Å². The number of nitrogens with zero attached hydrogens (tertiary/aromatic N) is 3. The van der Waals surface area contributed by atoms with Gasteiger partial charge in [-0.1, -0.05) is 13.0 Å². The Kier molecular flexibility index (Phi) is 2.99. The zero-order valence-electron chi connectivity index (χ0n) is 10.2. The van der Waals surface area contributed by atoms with Crippen molar-refractivity contribution in [3.8, 4) is 0 Å². The molecule has 0 aliphatic carbocycles. The summed E-state index contributed by atoms with van der Waals surface area (Å²) in [6.07, 6.45) is 1.74. The molecule has 94 valence electrons.